The van der Waals surface area contributed by atoms with Gasteiger partial charge in [0.25, 0.3) is 5.91 Å². The summed E-state index contributed by atoms with van der Waals surface area (Å²) in [6.45, 7) is 7.26. The van der Waals surface area contributed by atoms with Crippen molar-refractivity contribution in [1.82, 2.24) is 10.2 Å². The van der Waals surface area contributed by atoms with Crippen LogP contribution in [-0.2, 0) is 0 Å². The number of rotatable bonds is 1. The fraction of sp³-hybridized carbons (Fsp3) is 0.545. The lowest BCUT2D eigenvalue weighted by molar-refractivity contribution is 0.0703. The maximum Gasteiger partial charge on any atom is 0.289 e. The Bertz CT molecular complexity index is 277. The van der Waals surface area contributed by atoms with Crippen LogP contribution in [0, 0.1) is 0 Å². The van der Waals surface area contributed by atoms with Gasteiger partial charge in [0.1, 0.15) is 0 Å². The first-order valence-corrected chi connectivity index (χ1v) is 5.41. The first kappa shape index (κ1) is 11.8. The van der Waals surface area contributed by atoms with E-state index in [-0.39, 0.29) is 5.91 Å². The van der Waals surface area contributed by atoms with E-state index in [0.717, 1.165) is 26.2 Å². The van der Waals surface area contributed by atoms with Crippen LogP contribution in [0.4, 0.5) is 0 Å². The molecule has 0 radical (unpaired) electrons. The molecular formula is C11H18N2O2. The lowest BCUT2D eigenvalue weighted by atomic mass is 10.3. The summed E-state index contributed by atoms with van der Waals surface area (Å²) in [7, 11) is 0. The molecule has 84 valence electrons. The minimum absolute atomic E-state index is 0.00787. The lowest BCUT2D eigenvalue weighted by Crippen LogP contribution is -2.46. The first-order valence-electron chi connectivity index (χ1n) is 5.41. The zero-order chi connectivity index (χ0) is 11.1. The van der Waals surface area contributed by atoms with Crippen molar-refractivity contribution in [2.24, 2.45) is 0 Å². The summed E-state index contributed by atoms with van der Waals surface area (Å²) in [4.78, 5) is 13.5. The molecule has 1 amide bonds. The second kappa shape index (κ2) is 6.24. The summed E-state index contributed by atoms with van der Waals surface area (Å²) in [5.74, 6) is 0.424. The molecule has 0 bridgehead atoms. The summed E-state index contributed by atoms with van der Waals surface area (Å²) >= 11 is 0. The van der Waals surface area contributed by atoms with E-state index in [1.807, 2.05) is 13.8 Å². The number of carbonyl (C=O) groups is 1. The van der Waals surface area contributed by atoms with Gasteiger partial charge in [-0.1, -0.05) is 13.8 Å². The molecule has 0 atom stereocenters. The largest absolute Gasteiger partial charge is 0.459 e. The van der Waals surface area contributed by atoms with Gasteiger partial charge < -0.3 is 14.6 Å². The van der Waals surface area contributed by atoms with Crippen LogP contribution in [0.25, 0.3) is 0 Å². The SMILES string of the molecule is CC.O=C(c1ccco1)N1CCNCC1. The van der Waals surface area contributed by atoms with E-state index in [0.29, 0.717) is 5.76 Å². The quantitative estimate of drug-likeness (QED) is 0.761. The summed E-state index contributed by atoms with van der Waals surface area (Å²) in [5.41, 5.74) is 0. The lowest BCUT2D eigenvalue weighted by Gasteiger charge is -2.26. The highest BCUT2D eigenvalue weighted by Gasteiger charge is 2.19. The molecule has 0 spiro atoms. The minimum Gasteiger partial charge on any atom is -0.459 e. The van der Waals surface area contributed by atoms with Gasteiger partial charge in [-0.05, 0) is 12.1 Å². The number of carbonyl (C=O) groups excluding carboxylic acids is 1. The molecule has 2 rings (SSSR count). The second-order valence-corrected chi connectivity index (χ2v) is 3.02. The van der Waals surface area contributed by atoms with Gasteiger partial charge in [-0.2, -0.15) is 0 Å². The highest BCUT2D eigenvalue weighted by Crippen LogP contribution is 2.05. The van der Waals surface area contributed by atoms with E-state index in [4.69, 9.17) is 4.42 Å². The zero-order valence-corrected chi connectivity index (χ0v) is 9.32. The van der Waals surface area contributed by atoms with Crippen molar-refractivity contribution in [3.63, 3.8) is 0 Å². The van der Waals surface area contributed by atoms with Crippen LogP contribution in [0.15, 0.2) is 22.8 Å². The minimum atomic E-state index is -0.00787. The van der Waals surface area contributed by atoms with Crippen LogP contribution in [0.2, 0.25) is 0 Å². The molecule has 2 heterocycles. The zero-order valence-electron chi connectivity index (χ0n) is 9.32. The molecular weight excluding hydrogens is 192 g/mol. The number of hydrogen-bond donors (Lipinski definition) is 1. The average Bonchev–Trinajstić information content (AvgIpc) is 2.85. The van der Waals surface area contributed by atoms with Crippen molar-refractivity contribution in [3.8, 4) is 0 Å². The van der Waals surface area contributed by atoms with E-state index in [1.54, 1.807) is 17.0 Å². The van der Waals surface area contributed by atoms with E-state index in [1.165, 1.54) is 6.26 Å². The number of furan rings is 1. The summed E-state index contributed by atoms with van der Waals surface area (Å²) < 4.78 is 5.04. The van der Waals surface area contributed by atoms with Crippen molar-refractivity contribution in [2.45, 2.75) is 13.8 Å². The summed E-state index contributed by atoms with van der Waals surface area (Å²) in [5, 5.41) is 3.19. The van der Waals surface area contributed by atoms with Gasteiger partial charge in [-0.25, -0.2) is 0 Å². The molecule has 4 heteroatoms. The number of nitrogens with zero attached hydrogens (tertiary/aromatic N) is 1. The Kier molecular flexibility index (Phi) is 4.90. The van der Waals surface area contributed by atoms with Crippen molar-refractivity contribution in [3.05, 3.63) is 24.2 Å². The number of amides is 1. The van der Waals surface area contributed by atoms with Crippen LogP contribution in [-0.4, -0.2) is 37.0 Å². The molecule has 0 aromatic carbocycles. The van der Waals surface area contributed by atoms with Gasteiger partial charge in [0.15, 0.2) is 5.76 Å². The Labute approximate surface area is 90.3 Å². The third kappa shape index (κ3) is 3.09. The second-order valence-electron chi connectivity index (χ2n) is 3.02. The molecule has 1 saturated heterocycles. The molecule has 4 nitrogen and oxygen atoms in total. The maximum absolute atomic E-state index is 11.7. The van der Waals surface area contributed by atoms with E-state index in [9.17, 15) is 4.79 Å². The third-order valence-corrected chi connectivity index (χ3v) is 2.14. The summed E-state index contributed by atoms with van der Waals surface area (Å²) in [6, 6.07) is 3.43. The number of hydrogen-bond acceptors (Lipinski definition) is 3. The molecule has 1 aromatic heterocycles. The van der Waals surface area contributed by atoms with Gasteiger partial charge in [0.05, 0.1) is 6.26 Å². The van der Waals surface area contributed by atoms with Crippen molar-refractivity contribution in [1.29, 1.82) is 0 Å². The fourth-order valence-electron chi connectivity index (χ4n) is 1.42. The molecule has 0 aliphatic carbocycles. The molecule has 1 aliphatic rings. The standard InChI is InChI=1S/C9H12N2O2.C2H6/c12-9(8-2-1-7-13-8)11-5-3-10-4-6-11;1-2/h1-2,7,10H,3-6H2;1-2H3. The van der Waals surface area contributed by atoms with Crippen molar-refractivity contribution in [2.75, 3.05) is 26.2 Å². The topological polar surface area (TPSA) is 45.5 Å². The predicted molar refractivity (Wildman–Crippen MR) is 58.8 cm³/mol. The van der Waals surface area contributed by atoms with E-state index < -0.39 is 0 Å². The molecule has 0 unspecified atom stereocenters. The summed E-state index contributed by atoms with van der Waals surface area (Å²) in [6.07, 6.45) is 1.52. The average molecular weight is 210 g/mol. The Morgan fingerprint density at radius 2 is 2.07 bits per heavy atom. The van der Waals surface area contributed by atoms with Gasteiger partial charge in [-0.3, -0.25) is 4.79 Å². The number of nitrogens with one attached hydrogen (secondary N) is 1. The van der Waals surface area contributed by atoms with E-state index >= 15 is 0 Å². The van der Waals surface area contributed by atoms with Crippen LogP contribution in [0.3, 0.4) is 0 Å². The Hall–Kier alpha value is -1.29. The highest BCUT2D eigenvalue weighted by atomic mass is 16.3. The van der Waals surface area contributed by atoms with Crippen LogP contribution in [0.1, 0.15) is 24.4 Å². The first-order chi connectivity index (χ1) is 7.38. The maximum atomic E-state index is 11.7. The smallest absolute Gasteiger partial charge is 0.289 e. The van der Waals surface area contributed by atoms with Crippen molar-refractivity contribution >= 4 is 5.91 Å². The molecule has 1 N–H and O–H groups in total. The molecule has 1 fully saturated rings. The fourth-order valence-corrected chi connectivity index (χ4v) is 1.42. The predicted octanol–water partition coefficient (Wildman–Crippen LogP) is 1.35. The molecule has 1 aliphatic heterocycles. The monoisotopic (exact) mass is 210 g/mol. The van der Waals surface area contributed by atoms with Gasteiger partial charge >= 0.3 is 0 Å². The van der Waals surface area contributed by atoms with Gasteiger partial charge in [0, 0.05) is 26.2 Å². The Morgan fingerprint density at radius 1 is 1.40 bits per heavy atom. The Balaban J connectivity index is 0.000000531. The number of piperazine rings is 1. The van der Waals surface area contributed by atoms with Crippen molar-refractivity contribution < 1.29 is 9.21 Å². The third-order valence-electron chi connectivity index (χ3n) is 2.14. The van der Waals surface area contributed by atoms with Crippen LogP contribution < -0.4 is 5.32 Å². The van der Waals surface area contributed by atoms with Gasteiger partial charge in [-0.15, -0.1) is 0 Å². The van der Waals surface area contributed by atoms with E-state index in [2.05, 4.69) is 5.32 Å². The highest BCUT2D eigenvalue weighted by molar-refractivity contribution is 5.91. The van der Waals surface area contributed by atoms with Crippen LogP contribution in [0.5, 0.6) is 0 Å². The molecule has 15 heavy (non-hydrogen) atoms. The molecule has 0 saturated carbocycles. The van der Waals surface area contributed by atoms with Crippen LogP contribution >= 0.6 is 0 Å². The molecule has 1 aromatic rings. The van der Waals surface area contributed by atoms with Gasteiger partial charge in [0.2, 0.25) is 0 Å². The Morgan fingerprint density at radius 3 is 2.60 bits per heavy atom. The normalized spacial score (nSPS) is 15.5.